The third-order valence-corrected chi connectivity index (χ3v) is 8.21. The van der Waals surface area contributed by atoms with Crippen LogP contribution in [0.15, 0.2) is 67.0 Å². The molecule has 1 atom stereocenters. The quantitative estimate of drug-likeness (QED) is 0.195. The van der Waals surface area contributed by atoms with Gasteiger partial charge in [-0.15, -0.1) is 5.10 Å². The van der Waals surface area contributed by atoms with Crippen molar-refractivity contribution in [2.75, 3.05) is 30.8 Å². The third kappa shape index (κ3) is 6.11. The van der Waals surface area contributed by atoms with E-state index >= 15 is 0 Å². The standard InChI is InChI=1S/C31H26Cl2F2N8/c1-42-10-8-23(9-11-42)43-17-28(40-41-43)30(18-2-4-20(34)5-3-18)39-22-12-24-29(38-21-6-7-27(35)25(32)13-21)19(15-36)16-37-31(24)26(33)14-22/h2-7,12-14,16-17,23,30,39H,8-11H2,1H3,(H,37,38). The summed E-state index contributed by atoms with van der Waals surface area (Å²) >= 11 is 12.7. The van der Waals surface area contributed by atoms with Crippen molar-refractivity contribution in [1.29, 1.82) is 5.26 Å². The van der Waals surface area contributed by atoms with Crippen LogP contribution in [-0.4, -0.2) is 45.0 Å². The van der Waals surface area contributed by atoms with Gasteiger partial charge in [-0.05, 0) is 81.0 Å². The number of piperidine rings is 1. The third-order valence-electron chi connectivity index (χ3n) is 7.63. The number of aromatic nitrogens is 4. The molecule has 0 saturated carbocycles. The smallest absolute Gasteiger partial charge is 0.141 e. The normalized spacial score (nSPS) is 14.9. The highest BCUT2D eigenvalue weighted by Gasteiger charge is 2.24. The zero-order valence-corrected chi connectivity index (χ0v) is 24.5. The number of halogens is 4. The topological polar surface area (TPSA) is 94.7 Å². The maximum Gasteiger partial charge on any atom is 0.141 e. The Hall–Kier alpha value is -4.30. The van der Waals surface area contributed by atoms with E-state index in [0.717, 1.165) is 31.5 Å². The molecule has 1 aliphatic rings. The summed E-state index contributed by atoms with van der Waals surface area (Å²) < 4.78 is 29.6. The first-order chi connectivity index (χ1) is 20.8. The fourth-order valence-electron chi connectivity index (χ4n) is 5.29. The minimum Gasteiger partial charge on any atom is -0.373 e. The summed E-state index contributed by atoms with van der Waals surface area (Å²) in [4.78, 5) is 6.71. The lowest BCUT2D eigenvalue weighted by molar-refractivity contribution is 0.210. The van der Waals surface area contributed by atoms with Crippen molar-refractivity contribution in [2.24, 2.45) is 0 Å². The highest BCUT2D eigenvalue weighted by atomic mass is 35.5. The number of fused-ring (bicyclic) bond motifs is 1. The van der Waals surface area contributed by atoms with E-state index in [-0.39, 0.29) is 22.4 Å². The second-order valence-electron chi connectivity index (χ2n) is 10.6. The van der Waals surface area contributed by atoms with Crippen molar-refractivity contribution in [3.05, 3.63) is 105 Å². The van der Waals surface area contributed by atoms with Crippen molar-refractivity contribution in [3.8, 4) is 6.07 Å². The van der Waals surface area contributed by atoms with Gasteiger partial charge in [-0.2, -0.15) is 5.26 Å². The van der Waals surface area contributed by atoms with Crippen LogP contribution in [0.5, 0.6) is 0 Å². The van der Waals surface area contributed by atoms with Gasteiger partial charge in [0, 0.05) is 23.0 Å². The average Bonchev–Trinajstić information content (AvgIpc) is 3.49. The SMILES string of the molecule is CN1CCC(n2cc(C(Nc3cc(Cl)c4ncc(C#N)c(Nc5ccc(F)c(Cl)c5)c4c3)c3ccc(F)cc3)nn2)CC1. The van der Waals surface area contributed by atoms with E-state index in [1.54, 1.807) is 18.2 Å². The molecule has 1 unspecified atom stereocenters. The zero-order valence-electron chi connectivity index (χ0n) is 23.0. The molecule has 8 nitrogen and oxygen atoms in total. The number of nitrogens with one attached hydrogen (secondary N) is 2. The van der Waals surface area contributed by atoms with Gasteiger partial charge in [0.1, 0.15) is 23.4 Å². The Morgan fingerprint density at radius 1 is 1.00 bits per heavy atom. The van der Waals surface area contributed by atoms with Crippen LogP contribution < -0.4 is 10.6 Å². The van der Waals surface area contributed by atoms with Gasteiger partial charge in [-0.25, -0.2) is 13.5 Å². The molecule has 0 bridgehead atoms. The molecule has 218 valence electrons. The van der Waals surface area contributed by atoms with E-state index < -0.39 is 11.9 Å². The lowest BCUT2D eigenvalue weighted by Gasteiger charge is -2.28. The van der Waals surface area contributed by atoms with Gasteiger partial charge in [0.05, 0.1) is 45.1 Å². The molecular formula is C31H26Cl2F2N8. The van der Waals surface area contributed by atoms with Gasteiger partial charge in [-0.1, -0.05) is 40.5 Å². The molecule has 2 N–H and O–H groups in total. The molecule has 0 amide bonds. The summed E-state index contributed by atoms with van der Waals surface area (Å²) in [5.74, 6) is -0.903. The number of rotatable bonds is 7. The summed E-state index contributed by atoms with van der Waals surface area (Å²) in [5.41, 5.74) is 3.69. The Morgan fingerprint density at radius 2 is 1.74 bits per heavy atom. The van der Waals surface area contributed by atoms with E-state index in [9.17, 15) is 14.0 Å². The summed E-state index contributed by atoms with van der Waals surface area (Å²) in [6, 6.07) is 15.9. The summed E-state index contributed by atoms with van der Waals surface area (Å²) in [5, 5.41) is 26.3. The van der Waals surface area contributed by atoms with Crippen LogP contribution in [0.4, 0.5) is 25.8 Å². The summed E-state index contributed by atoms with van der Waals surface area (Å²) in [6.07, 6.45) is 5.30. The molecule has 3 heterocycles. The van der Waals surface area contributed by atoms with E-state index in [1.165, 1.54) is 36.5 Å². The summed E-state index contributed by atoms with van der Waals surface area (Å²) in [6.45, 7) is 1.96. The molecule has 6 rings (SSSR count). The van der Waals surface area contributed by atoms with Gasteiger partial charge in [-0.3, -0.25) is 4.98 Å². The Morgan fingerprint density at radius 3 is 2.47 bits per heavy atom. The molecular weight excluding hydrogens is 593 g/mol. The van der Waals surface area contributed by atoms with Crippen LogP contribution in [0.25, 0.3) is 10.9 Å². The van der Waals surface area contributed by atoms with Crippen LogP contribution in [0.3, 0.4) is 0 Å². The Labute approximate surface area is 256 Å². The van der Waals surface area contributed by atoms with Gasteiger partial charge in [0.15, 0.2) is 0 Å². The van der Waals surface area contributed by atoms with E-state index in [0.29, 0.717) is 38.7 Å². The largest absolute Gasteiger partial charge is 0.373 e. The highest BCUT2D eigenvalue weighted by molar-refractivity contribution is 6.36. The van der Waals surface area contributed by atoms with E-state index in [1.807, 2.05) is 16.9 Å². The Bertz CT molecular complexity index is 1830. The van der Waals surface area contributed by atoms with Crippen LogP contribution in [-0.2, 0) is 0 Å². The number of likely N-dealkylation sites (tertiary alicyclic amines) is 1. The van der Waals surface area contributed by atoms with Crippen LogP contribution in [0.1, 0.15) is 41.7 Å². The second-order valence-corrected chi connectivity index (χ2v) is 11.4. The molecule has 3 aromatic carbocycles. The zero-order chi connectivity index (χ0) is 30.1. The second kappa shape index (κ2) is 12.1. The number of hydrogen-bond acceptors (Lipinski definition) is 7. The first-order valence-corrected chi connectivity index (χ1v) is 14.4. The molecule has 43 heavy (non-hydrogen) atoms. The highest BCUT2D eigenvalue weighted by Crippen LogP contribution is 2.37. The first kappa shape index (κ1) is 28.8. The molecule has 0 aliphatic carbocycles. The van der Waals surface area contributed by atoms with Crippen molar-refractivity contribution in [3.63, 3.8) is 0 Å². The fourth-order valence-corrected chi connectivity index (χ4v) is 5.74. The van der Waals surface area contributed by atoms with Gasteiger partial charge in [0.25, 0.3) is 0 Å². The van der Waals surface area contributed by atoms with Crippen molar-refractivity contribution in [1.82, 2.24) is 24.9 Å². The summed E-state index contributed by atoms with van der Waals surface area (Å²) in [7, 11) is 2.11. The van der Waals surface area contributed by atoms with Crippen molar-refractivity contribution < 1.29 is 8.78 Å². The van der Waals surface area contributed by atoms with Crippen LogP contribution in [0.2, 0.25) is 10.0 Å². The minimum atomic E-state index is -0.554. The van der Waals surface area contributed by atoms with Crippen molar-refractivity contribution in [2.45, 2.75) is 24.9 Å². The molecule has 0 spiro atoms. The molecule has 2 aromatic heterocycles. The number of pyridine rings is 1. The minimum absolute atomic E-state index is 0.0577. The lowest BCUT2D eigenvalue weighted by atomic mass is 10.0. The monoisotopic (exact) mass is 618 g/mol. The molecule has 1 fully saturated rings. The van der Waals surface area contributed by atoms with Gasteiger partial charge in [0.2, 0.25) is 0 Å². The number of hydrogen-bond donors (Lipinski definition) is 2. The number of anilines is 3. The number of benzene rings is 3. The van der Waals surface area contributed by atoms with E-state index in [2.05, 4.69) is 43.9 Å². The van der Waals surface area contributed by atoms with Crippen LogP contribution in [0, 0.1) is 23.0 Å². The van der Waals surface area contributed by atoms with Crippen molar-refractivity contribution >= 4 is 51.2 Å². The number of nitrogens with zero attached hydrogens (tertiary/aromatic N) is 6. The van der Waals surface area contributed by atoms with Gasteiger partial charge >= 0.3 is 0 Å². The molecule has 5 aromatic rings. The molecule has 12 heteroatoms. The molecule has 1 aliphatic heterocycles. The number of nitriles is 1. The molecule has 0 radical (unpaired) electrons. The predicted molar refractivity (Wildman–Crippen MR) is 164 cm³/mol. The van der Waals surface area contributed by atoms with Gasteiger partial charge < -0.3 is 15.5 Å². The first-order valence-electron chi connectivity index (χ1n) is 13.7. The van der Waals surface area contributed by atoms with E-state index in [4.69, 9.17) is 23.2 Å². The Kier molecular flexibility index (Phi) is 8.13. The lowest BCUT2D eigenvalue weighted by Crippen LogP contribution is -2.31. The maximum absolute atomic E-state index is 13.9. The fraction of sp³-hybridized carbons (Fsp3) is 0.226. The predicted octanol–water partition coefficient (Wildman–Crippen LogP) is 7.49. The average molecular weight is 620 g/mol. The maximum atomic E-state index is 13.9. The Balaban J connectivity index is 1.40. The van der Waals surface area contributed by atoms with Crippen LogP contribution >= 0.6 is 23.2 Å². The molecule has 1 saturated heterocycles.